The van der Waals surface area contributed by atoms with Crippen molar-refractivity contribution in [2.24, 2.45) is 0 Å². The predicted molar refractivity (Wildman–Crippen MR) is 116 cm³/mol. The number of aromatic amines is 1. The Bertz CT molecular complexity index is 996. The zero-order valence-corrected chi connectivity index (χ0v) is 16.8. The number of H-pyrrole nitrogens is 1. The number of benzene rings is 2. The minimum atomic E-state index is -0.496. The fourth-order valence-corrected chi connectivity index (χ4v) is 3.31. The molecule has 0 aliphatic carbocycles. The van der Waals surface area contributed by atoms with Gasteiger partial charge in [-0.3, -0.25) is 9.59 Å². The Morgan fingerprint density at radius 1 is 0.966 bits per heavy atom. The summed E-state index contributed by atoms with van der Waals surface area (Å²) in [5.41, 5.74) is 2.32. The maximum Gasteiger partial charge on any atom is 0.277 e. The van der Waals surface area contributed by atoms with Crippen molar-refractivity contribution in [1.29, 1.82) is 0 Å². The molecule has 0 aliphatic heterocycles. The normalized spacial score (nSPS) is 10.9. The summed E-state index contributed by atoms with van der Waals surface area (Å²) in [6.07, 6.45) is 0. The highest BCUT2D eigenvalue weighted by atomic mass is 16.2. The highest BCUT2D eigenvalue weighted by Crippen LogP contribution is 2.31. The summed E-state index contributed by atoms with van der Waals surface area (Å²) in [5.74, 6) is -0.392. The Hall–Kier alpha value is -3.25. The van der Waals surface area contributed by atoms with Gasteiger partial charge in [0, 0.05) is 24.2 Å². The van der Waals surface area contributed by atoms with Crippen LogP contribution >= 0.6 is 0 Å². The minimum absolute atomic E-state index is 0.0876. The van der Waals surface area contributed by atoms with Crippen LogP contribution in [-0.2, 0) is 0 Å². The van der Waals surface area contributed by atoms with Crippen LogP contribution in [0.25, 0.3) is 22.4 Å². The molecule has 1 aromatic heterocycles. The topological polar surface area (TPSA) is 78.1 Å². The highest BCUT2D eigenvalue weighted by molar-refractivity contribution is 6.03. The molecule has 3 aromatic rings. The van der Waals surface area contributed by atoms with Crippen LogP contribution in [-0.4, -0.2) is 47.2 Å². The Morgan fingerprint density at radius 3 is 2.14 bits per heavy atom. The van der Waals surface area contributed by atoms with E-state index in [9.17, 15) is 9.59 Å². The molecular weight excluding hydrogens is 364 g/mol. The van der Waals surface area contributed by atoms with Gasteiger partial charge in [-0.25, -0.2) is 5.10 Å². The van der Waals surface area contributed by atoms with Gasteiger partial charge in [-0.15, -0.1) is 0 Å². The van der Waals surface area contributed by atoms with Gasteiger partial charge >= 0.3 is 0 Å². The maximum absolute atomic E-state index is 13.0. The van der Waals surface area contributed by atoms with Crippen LogP contribution in [0, 0.1) is 0 Å². The van der Waals surface area contributed by atoms with Crippen LogP contribution in [0.1, 0.15) is 24.2 Å². The quantitative estimate of drug-likeness (QED) is 0.619. The molecule has 0 aliphatic rings. The average molecular weight is 390 g/mol. The van der Waals surface area contributed by atoms with Crippen LogP contribution in [0.5, 0.6) is 0 Å². The molecule has 0 atom stereocenters. The highest BCUT2D eigenvalue weighted by Gasteiger charge is 2.22. The fourth-order valence-electron chi connectivity index (χ4n) is 3.31. The van der Waals surface area contributed by atoms with Gasteiger partial charge in [-0.2, -0.15) is 5.10 Å². The van der Waals surface area contributed by atoms with Crippen LogP contribution in [0.2, 0.25) is 0 Å². The number of nitrogens with one attached hydrogen (secondary N) is 2. The first-order valence-electron chi connectivity index (χ1n) is 9.89. The number of aromatic nitrogens is 2. The molecule has 0 unspecified atom stereocenters. The van der Waals surface area contributed by atoms with E-state index in [1.165, 1.54) is 0 Å². The molecule has 6 nitrogen and oxygen atoms in total. The first-order valence-corrected chi connectivity index (χ1v) is 9.89. The summed E-state index contributed by atoms with van der Waals surface area (Å²) in [7, 11) is 0. The first kappa shape index (κ1) is 20.5. The van der Waals surface area contributed by atoms with E-state index in [1.54, 1.807) is 0 Å². The van der Waals surface area contributed by atoms with E-state index >= 15 is 0 Å². The molecule has 0 radical (unpaired) electrons. The van der Waals surface area contributed by atoms with Crippen molar-refractivity contribution in [2.45, 2.75) is 13.8 Å². The van der Waals surface area contributed by atoms with Crippen molar-refractivity contribution in [3.63, 3.8) is 0 Å². The zero-order chi connectivity index (χ0) is 20.6. The van der Waals surface area contributed by atoms with Gasteiger partial charge in [0.05, 0.1) is 5.69 Å². The van der Waals surface area contributed by atoms with E-state index in [0.717, 1.165) is 30.8 Å². The molecule has 1 heterocycles. The number of likely N-dealkylation sites (N-methyl/N-ethyl adjacent to an activating group) is 1. The molecule has 0 saturated carbocycles. The number of hydrogen-bond donors (Lipinski definition) is 2. The number of rotatable bonds is 8. The third kappa shape index (κ3) is 4.78. The molecule has 1 amide bonds. The van der Waals surface area contributed by atoms with Crippen LogP contribution in [0.4, 0.5) is 0 Å². The largest absolute Gasteiger partial charge is 0.351 e. The summed E-state index contributed by atoms with van der Waals surface area (Å²) in [6.45, 7) is 7.19. The number of carbonyl (C=O) groups is 1. The zero-order valence-electron chi connectivity index (χ0n) is 16.8. The smallest absolute Gasteiger partial charge is 0.277 e. The molecule has 0 fully saturated rings. The van der Waals surface area contributed by atoms with Crippen LogP contribution in [0.3, 0.4) is 0 Å². The molecule has 0 bridgehead atoms. The number of carbonyl (C=O) groups excluding carboxylic acids is 1. The van der Waals surface area contributed by atoms with Crippen molar-refractivity contribution < 1.29 is 4.79 Å². The van der Waals surface area contributed by atoms with Gasteiger partial charge in [0.2, 0.25) is 0 Å². The van der Waals surface area contributed by atoms with E-state index in [1.807, 2.05) is 60.7 Å². The van der Waals surface area contributed by atoms with Gasteiger partial charge in [0.15, 0.2) is 0 Å². The summed E-state index contributed by atoms with van der Waals surface area (Å²) in [5, 5.41) is 9.68. The van der Waals surface area contributed by atoms with Gasteiger partial charge in [0.25, 0.3) is 11.5 Å². The summed E-state index contributed by atoms with van der Waals surface area (Å²) >= 11 is 0. The molecule has 2 N–H and O–H groups in total. The van der Waals surface area contributed by atoms with E-state index in [2.05, 4.69) is 34.3 Å². The van der Waals surface area contributed by atoms with E-state index in [0.29, 0.717) is 17.8 Å². The van der Waals surface area contributed by atoms with Crippen molar-refractivity contribution in [3.8, 4) is 22.4 Å². The maximum atomic E-state index is 13.0. The monoisotopic (exact) mass is 390 g/mol. The molecule has 150 valence electrons. The van der Waals surface area contributed by atoms with E-state index in [4.69, 9.17) is 0 Å². The predicted octanol–water partition coefficient (Wildman–Crippen LogP) is 3.18. The molecule has 29 heavy (non-hydrogen) atoms. The van der Waals surface area contributed by atoms with Crippen LogP contribution in [0.15, 0.2) is 65.5 Å². The second-order valence-electron chi connectivity index (χ2n) is 6.67. The average Bonchev–Trinajstić information content (AvgIpc) is 2.77. The van der Waals surface area contributed by atoms with Gasteiger partial charge < -0.3 is 10.2 Å². The SMILES string of the molecule is CCN(CC)CCNC(=O)c1c(-c2ccccc2)c(-c2ccccc2)n[nH]c1=O. The van der Waals surface area contributed by atoms with Crippen molar-refractivity contribution in [2.75, 3.05) is 26.2 Å². The van der Waals surface area contributed by atoms with E-state index in [-0.39, 0.29) is 5.56 Å². The Labute approximate surface area is 170 Å². The first-order chi connectivity index (χ1) is 14.2. The lowest BCUT2D eigenvalue weighted by Crippen LogP contribution is -2.37. The molecule has 3 rings (SSSR count). The minimum Gasteiger partial charge on any atom is -0.351 e. The number of hydrogen-bond acceptors (Lipinski definition) is 4. The van der Waals surface area contributed by atoms with Gasteiger partial charge in [-0.1, -0.05) is 74.5 Å². The van der Waals surface area contributed by atoms with Crippen molar-refractivity contribution in [1.82, 2.24) is 20.4 Å². The molecule has 0 saturated heterocycles. The second kappa shape index (κ2) is 9.80. The molecule has 0 spiro atoms. The van der Waals surface area contributed by atoms with Gasteiger partial charge in [-0.05, 0) is 18.7 Å². The van der Waals surface area contributed by atoms with Crippen LogP contribution < -0.4 is 10.9 Å². The molecule has 2 aromatic carbocycles. The second-order valence-corrected chi connectivity index (χ2v) is 6.67. The lowest BCUT2D eigenvalue weighted by molar-refractivity contribution is 0.0948. The van der Waals surface area contributed by atoms with E-state index < -0.39 is 11.5 Å². The van der Waals surface area contributed by atoms with Crippen molar-refractivity contribution >= 4 is 5.91 Å². The Morgan fingerprint density at radius 2 is 1.55 bits per heavy atom. The lowest BCUT2D eigenvalue weighted by atomic mass is 9.95. The Balaban J connectivity index is 2.04. The fraction of sp³-hybridized carbons (Fsp3) is 0.261. The third-order valence-corrected chi connectivity index (χ3v) is 4.93. The third-order valence-electron chi connectivity index (χ3n) is 4.93. The summed E-state index contributed by atoms with van der Waals surface area (Å²) in [6, 6.07) is 19.0. The lowest BCUT2D eigenvalue weighted by Gasteiger charge is -2.18. The number of nitrogens with zero attached hydrogens (tertiary/aromatic N) is 2. The number of amides is 1. The summed E-state index contributed by atoms with van der Waals surface area (Å²) in [4.78, 5) is 27.9. The summed E-state index contributed by atoms with van der Waals surface area (Å²) < 4.78 is 0. The van der Waals surface area contributed by atoms with Crippen molar-refractivity contribution in [3.05, 3.63) is 76.6 Å². The molecule has 6 heteroatoms. The Kier molecular flexibility index (Phi) is 6.92. The van der Waals surface area contributed by atoms with Gasteiger partial charge in [0.1, 0.15) is 5.56 Å². The standard InChI is InChI=1S/C23H26N4O2/c1-3-27(4-2)16-15-24-22(28)20-19(17-11-7-5-8-12-17)21(25-26-23(20)29)18-13-9-6-10-14-18/h5-14H,3-4,15-16H2,1-2H3,(H,24,28)(H,26,29). The molecular formula is C23H26N4O2.